The summed E-state index contributed by atoms with van der Waals surface area (Å²) in [5.41, 5.74) is 0.929. The summed E-state index contributed by atoms with van der Waals surface area (Å²) in [4.78, 5) is 26.1. The molecule has 0 aliphatic carbocycles. The maximum Gasteiger partial charge on any atom is 0.328 e. The number of aryl methyl sites for hydroxylation is 1. The van der Waals surface area contributed by atoms with Crippen LogP contribution in [0.4, 0.5) is 0 Å². The lowest BCUT2D eigenvalue weighted by molar-refractivity contribution is -0.131. The molecule has 0 aliphatic rings. The Morgan fingerprint density at radius 2 is 2.11 bits per heavy atom. The summed E-state index contributed by atoms with van der Waals surface area (Å²) >= 11 is 1.34. The summed E-state index contributed by atoms with van der Waals surface area (Å²) in [5, 5.41) is 8.62. The normalized spacial score (nSPS) is 10.9. The highest BCUT2D eigenvalue weighted by atomic mass is 32.1. The fourth-order valence-corrected chi connectivity index (χ4v) is 2.79. The van der Waals surface area contributed by atoms with Crippen molar-refractivity contribution in [3.8, 4) is 0 Å². The van der Waals surface area contributed by atoms with Crippen LogP contribution in [-0.4, -0.2) is 35.0 Å². The van der Waals surface area contributed by atoms with E-state index in [1.54, 1.807) is 4.90 Å². The zero-order chi connectivity index (χ0) is 14.4. The topological polar surface area (TPSA) is 57.6 Å². The second-order valence-corrected chi connectivity index (χ2v) is 5.30. The van der Waals surface area contributed by atoms with Crippen LogP contribution in [-0.2, 0) is 4.79 Å². The van der Waals surface area contributed by atoms with Crippen LogP contribution >= 0.6 is 11.3 Å². The molecule has 0 saturated heterocycles. The highest BCUT2D eigenvalue weighted by Gasteiger charge is 2.16. The number of carboxylic acid groups (broad SMARTS) is 1. The first kappa shape index (κ1) is 15.4. The van der Waals surface area contributed by atoms with E-state index in [-0.39, 0.29) is 5.91 Å². The Hall–Kier alpha value is -1.62. The van der Waals surface area contributed by atoms with Gasteiger partial charge in [0.25, 0.3) is 5.91 Å². The molecule has 19 heavy (non-hydrogen) atoms. The first-order valence-electron chi connectivity index (χ1n) is 6.30. The summed E-state index contributed by atoms with van der Waals surface area (Å²) < 4.78 is 0. The van der Waals surface area contributed by atoms with Gasteiger partial charge in [0, 0.05) is 24.0 Å². The first-order valence-corrected chi connectivity index (χ1v) is 7.11. The zero-order valence-electron chi connectivity index (χ0n) is 11.5. The van der Waals surface area contributed by atoms with Crippen LogP contribution in [0.3, 0.4) is 0 Å². The SMILES string of the molecule is CCCN(CC)C(=O)c1cc(C)c(C=CC(=O)O)s1. The molecule has 1 aromatic rings. The summed E-state index contributed by atoms with van der Waals surface area (Å²) in [7, 11) is 0. The Kier molecular flexibility index (Phi) is 5.76. The minimum absolute atomic E-state index is 0.0208. The number of thiophene rings is 1. The molecule has 0 fully saturated rings. The van der Waals surface area contributed by atoms with Gasteiger partial charge in [-0.2, -0.15) is 0 Å². The van der Waals surface area contributed by atoms with E-state index in [4.69, 9.17) is 5.11 Å². The average molecular weight is 281 g/mol. The second kappa shape index (κ2) is 7.09. The minimum atomic E-state index is -0.984. The zero-order valence-corrected chi connectivity index (χ0v) is 12.3. The van der Waals surface area contributed by atoms with E-state index in [1.165, 1.54) is 17.4 Å². The lowest BCUT2D eigenvalue weighted by Crippen LogP contribution is -2.30. The smallest absolute Gasteiger partial charge is 0.328 e. The number of rotatable bonds is 6. The molecule has 5 heteroatoms. The summed E-state index contributed by atoms with van der Waals surface area (Å²) in [5.74, 6) is -0.964. The molecule has 0 aliphatic heterocycles. The molecular weight excluding hydrogens is 262 g/mol. The van der Waals surface area contributed by atoms with Gasteiger partial charge >= 0.3 is 5.97 Å². The van der Waals surface area contributed by atoms with Crippen molar-refractivity contribution in [1.82, 2.24) is 4.90 Å². The molecule has 4 nitrogen and oxygen atoms in total. The molecule has 0 atom stereocenters. The molecule has 0 bridgehead atoms. The van der Waals surface area contributed by atoms with Gasteiger partial charge in [0.1, 0.15) is 0 Å². The summed E-state index contributed by atoms with van der Waals surface area (Å²) in [6.07, 6.45) is 3.56. The van der Waals surface area contributed by atoms with Gasteiger partial charge in [0.15, 0.2) is 0 Å². The van der Waals surface area contributed by atoms with E-state index in [0.29, 0.717) is 11.4 Å². The highest BCUT2D eigenvalue weighted by Crippen LogP contribution is 2.24. The molecule has 1 rings (SSSR count). The molecule has 0 spiro atoms. The third-order valence-corrected chi connectivity index (χ3v) is 3.90. The van der Waals surface area contributed by atoms with E-state index >= 15 is 0 Å². The first-order chi connectivity index (χ1) is 8.99. The monoisotopic (exact) mass is 281 g/mol. The third kappa shape index (κ3) is 4.21. The highest BCUT2D eigenvalue weighted by molar-refractivity contribution is 7.15. The molecule has 1 amide bonds. The molecule has 0 aromatic carbocycles. The van der Waals surface area contributed by atoms with Gasteiger partial charge in [-0.05, 0) is 38.0 Å². The number of amides is 1. The van der Waals surface area contributed by atoms with Gasteiger partial charge in [0.05, 0.1) is 4.88 Å². The van der Waals surface area contributed by atoms with Crippen molar-refractivity contribution < 1.29 is 14.7 Å². The quantitative estimate of drug-likeness (QED) is 0.815. The Bertz CT molecular complexity index is 491. The van der Waals surface area contributed by atoms with Crippen LogP contribution in [0.1, 0.15) is 40.4 Å². The predicted octanol–water partition coefficient (Wildman–Crippen LogP) is 3.03. The van der Waals surface area contributed by atoms with E-state index in [1.807, 2.05) is 26.8 Å². The van der Waals surface area contributed by atoms with E-state index in [0.717, 1.165) is 29.5 Å². The van der Waals surface area contributed by atoms with E-state index in [2.05, 4.69) is 0 Å². The molecule has 0 unspecified atom stereocenters. The molecule has 0 saturated carbocycles. The Morgan fingerprint density at radius 1 is 1.42 bits per heavy atom. The summed E-state index contributed by atoms with van der Waals surface area (Å²) in [6, 6.07) is 1.83. The Labute approximate surface area is 117 Å². The third-order valence-electron chi connectivity index (χ3n) is 2.71. The molecule has 0 radical (unpaired) electrons. The minimum Gasteiger partial charge on any atom is -0.478 e. The lowest BCUT2D eigenvalue weighted by atomic mass is 10.2. The van der Waals surface area contributed by atoms with Crippen LogP contribution in [0.2, 0.25) is 0 Å². The fourth-order valence-electron chi connectivity index (χ4n) is 1.74. The van der Waals surface area contributed by atoms with Crippen molar-refractivity contribution in [3.05, 3.63) is 27.5 Å². The van der Waals surface area contributed by atoms with Crippen LogP contribution in [0.25, 0.3) is 6.08 Å². The van der Waals surface area contributed by atoms with Gasteiger partial charge in [-0.25, -0.2) is 4.79 Å². The van der Waals surface area contributed by atoms with Gasteiger partial charge in [-0.15, -0.1) is 11.3 Å². The largest absolute Gasteiger partial charge is 0.478 e. The van der Waals surface area contributed by atoms with Gasteiger partial charge < -0.3 is 10.0 Å². The van der Waals surface area contributed by atoms with Gasteiger partial charge in [0.2, 0.25) is 0 Å². The van der Waals surface area contributed by atoms with Gasteiger partial charge in [-0.3, -0.25) is 4.79 Å². The second-order valence-electron chi connectivity index (χ2n) is 4.21. The molecule has 1 heterocycles. The number of nitrogens with zero attached hydrogens (tertiary/aromatic N) is 1. The maximum absolute atomic E-state index is 12.3. The molecule has 104 valence electrons. The number of hydrogen-bond donors (Lipinski definition) is 1. The number of carboxylic acids is 1. The van der Waals surface area contributed by atoms with Crippen LogP contribution in [0, 0.1) is 6.92 Å². The number of carbonyl (C=O) groups excluding carboxylic acids is 1. The average Bonchev–Trinajstić information content (AvgIpc) is 2.74. The van der Waals surface area contributed by atoms with Crippen molar-refractivity contribution in [2.24, 2.45) is 0 Å². The number of aliphatic carboxylic acids is 1. The van der Waals surface area contributed by atoms with Crippen molar-refractivity contribution in [3.63, 3.8) is 0 Å². The Morgan fingerprint density at radius 3 is 2.63 bits per heavy atom. The lowest BCUT2D eigenvalue weighted by Gasteiger charge is -2.18. The standard InChI is InChI=1S/C14H19NO3S/c1-4-8-15(5-2)14(18)12-9-10(3)11(19-12)6-7-13(16)17/h6-7,9H,4-5,8H2,1-3H3,(H,16,17). The van der Waals surface area contributed by atoms with Crippen molar-refractivity contribution in [1.29, 1.82) is 0 Å². The van der Waals surface area contributed by atoms with Crippen molar-refractivity contribution in [2.75, 3.05) is 13.1 Å². The molecule has 1 aromatic heterocycles. The van der Waals surface area contributed by atoms with Crippen LogP contribution in [0.15, 0.2) is 12.1 Å². The predicted molar refractivity (Wildman–Crippen MR) is 77.6 cm³/mol. The van der Waals surface area contributed by atoms with Crippen LogP contribution < -0.4 is 0 Å². The molecular formula is C14H19NO3S. The number of hydrogen-bond acceptors (Lipinski definition) is 3. The summed E-state index contributed by atoms with van der Waals surface area (Å²) in [6.45, 7) is 7.30. The van der Waals surface area contributed by atoms with Crippen molar-refractivity contribution >= 4 is 29.3 Å². The Balaban J connectivity index is 2.93. The van der Waals surface area contributed by atoms with Crippen molar-refractivity contribution in [2.45, 2.75) is 27.2 Å². The fraction of sp³-hybridized carbons (Fsp3) is 0.429. The molecule has 1 N–H and O–H groups in total. The van der Waals surface area contributed by atoms with E-state index in [9.17, 15) is 9.59 Å². The van der Waals surface area contributed by atoms with Crippen LogP contribution in [0.5, 0.6) is 0 Å². The van der Waals surface area contributed by atoms with E-state index < -0.39 is 5.97 Å². The maximum atomic E-state index is 12.3. The number of carbonyl (C=O) groups is 2. The van der Waals surface area contributed by atoms with Gasteiger partial charge in [-0.1, -0.05) is 6.92 Å².